The smallest absolute Gasteiger partial charge is 0.140 e. The molecular formula is C17H22O2. The van der Waals surface area contributed by atoms with Gasteiger partial charge in [-0.1, -0.05) is 24.3 Å². The van der Waals surface area contributed by atoms with E-state index in [4.69, 9.17) is 4.74 Å². The van der Waals surface area contributed by atoms with Crippen molar-refractivity contribution < 1.29 is 9.53 Å². The highest BCUT2D eigenvalue weighted by Gasteiger charge is 2.26. The van der Waals surface area contributed by atoms with Gasteiger partial charge in [-0.15, -0.1) is 0 Å². The third-order valence-corrected chi connectivity index (χ3v) is 4.49. The van der Waals surface area contributed by atoms with Crippen LogP contribution in [-0.4, -0.2) is 18.5 Å². The maximum Gasteiger partial charge on any atom is 0.140 e. The normalized spacial score (nSPS) is 26.1. The summed E-state index contributed by atoms with van der Waals surface area (Å²) in [5.74, 6) is 0.564. The topological polar surface area (TPSA) is 26.3 Å². The molecule has 102 valence electrons. The van der Waals surface area contributed by atoms with Crippen molar-refractivity contribution in [3.63, 3.8) is 0 Å². The minimum absolute atomic E-state index is 0.145. The van der Waals surface area contributed by atoms with Crippen molar-refractivity contribution in [1.82, 2.24) is 0 Å². The van der Waals surface area contributed by atoms with E-state index < -0.39 is 0 Å². The lowest BCUT2D eigenvalue weighted by Crippen LogP contribution is -2.20. The van der Waals surface area contributed by atoms with E-state index in [1.165, 1.54) is 11.1 Å². The summed E-state index contributed by atoms with van der Waals surface area (Å²) in [4.78, 5) is 12.5. The van der Waals surface area contributed by atoms with Gasteiger partial charge in [0.1, 0.15) is 5.78 Å². The van der Waals surface area contributed by atoms with Crippen molar-refractivity contribution in [1.29, 1.82) is 0 Å². The number of fused-ring (bicyclic) bond motifs is 1. The van der Waals surface area contributed by atoms with Gasteiger partial charge in [0.2, 0.25) is 0 Å². The molecule has 0 bridgehead atoms. The molecule has 1 saturated heterocycles. The van der Waals surface area contributed by atoms with Crippen molar-refractivity contribution >= 4 is 5.78 Å². The predicted molar refractivity (Wildman–Crippen MR) is 75.3 cm³/mol. The average Bonchev–Trinajstić information content (AvgIpc) is 2.97. The zero-order valence-electron chi connectivity index (χ0n) is 11.4. The van der Waals surface area contributed by atoms with Crippen LogP contribution in [0.2, 0.25) is 0 Å². The summed E-state index contributed by atoms with van der Waals surface area (Å²) in [6, 6.07) is 8.46. The van der Waals surface area contributed by atoms with E-state index in [-0.39, 0.29) is 5.92 Å². The summed E-state index contributed by atoms with van der Waals surface area (Å²) in [7, 11) is 0. The Bertz CT molecular complexity index is 446. The molecule has 3 rings (SSSR count). The second-order valence-corrected chi connectivity index (χ2v) is 5.78. The van der Waals surface area contributed by atoms with Crippen LogP contribution in [0.25, 0.3) is 0 Å². The van der Waals surface area contributed by atoms with Crippen LogP contribution in [0.15, 0.2) is 24.3 Å². The number of rotatable bonds is 4. The molecule has 1 aromatic carbocycles. The SMILES string of the molecule is O=C(CCC1CCCO1)C1CCCc2ccccc21. The lowest BCUT2D eigenvalue weighted by Gasteiger charge is -2.24. The Hall–Kier alpha value is -1.15. The zero-order chi connectivity index (χ0) is 13.1. The molecule has 2 unspecified atom stereocenters. The van der Waals surface area contributed by atoms with Crippen molar-refractivity contribution in [2.45, 2.75) is 57.0 Å². The molecule has 1 heterocycles. The van der Waals surface area contributed by atoms with Gasteiger partial charge in [0.05, 0.1) is 6.10 Å². The van der Waals surface area contributed by atoms with E-state index in [1.807, 2.05) is 0 Å². The summed E-state index contributed by atoms with van der Waals surface area (Å²) in [6.07, 6.45) is 7.53. The van der Waals surface area contributed by atoms with Gasteiger partial charge in [-0.05, 0) is 49.7 Å². The summed E-state index contributed by atoms with van der Waals surface area (Å²) in [5.41, 5.74) is 2.66. The van der Waals surface area contributed by atoms with Crippen molar-refractivity contribution in [3.05, 3.63) is 35.4 Å². The fourth-order valence-electron chi connectivity index (χ4n) is 3.44. The summed E-state index contributed by atoms with van der Waals surface area (Å²) < 4.78 is 5.61. The van der Waals surface area contributed by atoms with E-state index in [9.17, 15) is 4.79 Å². The van der Waals surface area contributed by atoms with Gasteiger partial charge in [0.25, 0.3) is 0 Å². The Labute approximate surface area is 115 Å². The van der Waals surface area contributed by atoms with Gasteiger partial charge < -0.3 is 4.74 Å². The summed E-state index contributed by atoms with van der Waals surface area (Å²) in [6.45, 7) is 0.880. The summed E-state index contributed by atoms with van der Waals surface area (Å²) >= 11 is 0. The van der Waals surface area contributed by atoms with Crippen LogP contribution in [-0.2, 0) is 16.0 Å². The van der Waals surface area contributed by atoms with Crippen LogP contribution < -0.4 is 0 Å². The Morgan fingerprint density at radius 2 is 2.11 bits per heavy atom. The first-order valence-electron chi connectivity index (χ1n) is 7.57. The molecule has 0 saturated carbocycles. The van der Waals surface area contributed by atoms with Crippen LogP contribution in [0.5, 0.6) is 0 Å². The predicted octanol–water partition coefficient (Wildman–Crippen LogP) is 3.63. The fourth-order valence-corrected chi connectivity index (χ4v) is 3.44. The van der Waals surface area contributed by atoms with Gasteiger partial charge in [-0.25, -0.2) is 0 Å². The van der Waals surface area contributed by atoms with Crippen LogP contribution >= 0.6 is 0 Å². The maximum absolute atomic E-state index is 12.5. The molecule has 1 aliphatic carbocycles. The first kappa shape index (κ1) is 12.9. The second kappa shape index (κ2) is 5.87. The third-order valence-electron chi connectivity index (χ3n) is 4.49. The quantitative estimate of drug-likeness (QED) is 0.824. The number of Topliss-reactive ketones (excluding diaryl/α,β-unsaturated/α-hetero) is 1. The Morgan fingerprint density at radius 3 is 2.95 bits per heavy atom. The van der Waals surface area contributed by atoms with Gasteiger partial charge >= 0.3 is 0 Å². The molecule has 19 heavy (non-hydrogen) atoms. The number of carbonyl (C=O) groups excluding carboxylic acids is 1. The Balaban J connectivity index is 1.64. The summed E-state index contributed by atoms with van der Waals surface area (Å²) in [5, 5.41) is 0. The molecule has 0 radical (unpaired) electrons. The number of carbonyl (C=O) groups is 1. The molecule has 0 N–H and O–H groups in total. The molecule has 1 fully saturated rings. The van der Waals surface area contributed by atoms with Crippen molar-refractivity contribution in [3.8, 4) is 0 Å². The molecule has 1 aromatic rings. The van der Waals surface area contributed by atoms with Crippen LogP contribution in [0, 0.1) is 0 Å². The number of aryl methyl sites for hydroxylation is 1. The molecule has 2 aliphatic rings. The highest BCUT2D eigenvalue weighted by molar-refractivity contribution is 5.86. The molecule has 2 nitrogen and oxygen atoms in total. The molecular weight excluding hydrogens is 236 g/mol. The molecule has 2 heteroatoms. The minimum Gasteiger partial charge on any atom is -0.378 e. The average molecular weight is 258 g/mol. The van der Waals surface area contributed by atoms with Crippen LogP contribution in [0.4, 0.5) is 0 Å². The van der Waals surface area contributed by atoms with Gasteiger partial charge in [-0.3, -0.25) is 4.79 Å². The van der Waals surface area contributed by atoms with Gasteiger partial charge in [0.15, 0.2) is 0 Å². The molecule has 0 spiro atoms. The van der Waals surface area contributed by atoms with Crippen molar-refractivity contribution in [2.75, 3.05) is 6.61 Å². The lowest BCUT2D eigenvalue weighted by molar-refractivity contribution is -0.121. The molecule has 2 atom stereocenters. The van der Waals surface area contributed by atoms with Crippen molar-refractivity contribution in [2.24, 2.45) is 0 Å². The van der Waals surface area contributed by atoms with Crippen LogP contribution in [0.3, 0.4) is 0 Å². The molecule has 0 amide bonds. The fraction of sp³-hybridized carbons (Fsp3) is 0.588. The third kappa shape index (κ3) is 2.89. The lowest BCUT2D eigenvalue weighted by atomic mass is 9.79. The largest absolute Gasteiger partial charge is 0.378 e. The second-order valence-electron chi connectivity index (χ2n) is 5.78. The van der Waals surface area contributed by atoms with E-state index in [1.54, 1.807) is 0 Å². The number of hydrogen-bond donors (Lipinski definition) is 0. The van der Waals surface area contributed by atoms with Crippen LogP contribution in [0.1, 0.15) is 55.6 Å². The Kier molecular flexibility index (Phi) is 3.97. The van der Waals surface area contributed by atoms with E-state index in [0.717, 1.165) is 45.1 Å². The maximum atomic E-state index is 12.5. The van der Waals surface area contributed by atoms with E-state index in [2.05, 4.69) is 24.3 Å². The monoisotopic (exact) mass is 258 g/mol. The number of hydrogen-bond acceptors (Lipinski definition) is 2. The van der Waals surface area contributed by atoms with E-state index in [0.29, 0.717) is 18.3 Å². The molecule has 0 aromatic heterocycles. The highest BCUT2D eigenvalue weighted by atomic mass is 16.5. The van der Waals surface area contributed by atoms with E-state index >= 15 is 0 Å². The highest BCUT2D eigenvalue weighted by Crippen LogP contribution is 2.33. The van der Waals surface area contributed by atoms with Gasteiger partial charge in [0, 0.05) is 18.9 Å². The first-order chi connectivity index (χ1) is 9.34. The standard InChI is InChI=1S/C17H22O2/c18-17(11-10-14-7-4-12-19-14)16-9-3-6-13-5-1-2-8-15(13)16/h1-2,5,8,14,16H,3-4,6-7,9-12H2. The minimum atomic E-state index is 0.145. The zero-order valence-corrected chi connectivity index (χ0v) is 11.4. The molecule has 1 aliphatic heterocycles. The van der Waals surface area contributed by atoms with Gasteiger partial charge in [-0.2, -0.15) is 0 Å². The number of ketones is 1. The number of ether oxygens (including phenoxy) is 1. The number of benzene rings is 1. The Morgan fingerprint density at radius 1 is 1.21 bits per heavy atom. The first-order valence-corrected chi connectivity index (χ1v) is 7.57.